The molecule has 0 saturated carbocycles. The molecule has 420 valence electrons. The van der Waals surface area contributed by atoms with Crippen LogP contribution in [0.5, 0.6) is 23.0 Å². The quantitative estimate of drug-likeness (QED) is 0.00583. The molecule has 0 aliphatic heterocycles. The van der Waals surface area contributed by atoms with Crippen LogP contribution < -0.4 is 18.9 Å². The molecule has 0 radical (unpaired) electrons. The van der Waals surface area contributed by atoms with Gasteiger partial charge in [-0.3, -0.25) is 9.59 Å². The van der Waals surface area contributed by atoms with E-state index in [9.17, 15) is 39.6 Å². The van der Waals surface area contributed by atoms with Gasteiger partial charge in [0.25, 0.3) is 0 Å². The molecular weight excluding hydrogens is 1050 g/mol. The van der Waals surface area contributed by atoms with E-state index in [0.717, 1.165) is 0 Å². The number of aliphatic hydroxyl groups is 4. The smallest absolute Gasteiger partial charge is 0.338 e. The van der Waals surface area contributed by atoms with E-state index >= 15 is 0 Å². The molecule has 6 aromatic rings. The minimum Gasteiger partial charge on any atom is -0.491 e. The fraction of sp³-hybridized carbons (Fsp3) is 0.322. The van der Waals surface area contributed by atoms with Crippen molar-refractivity contribution in [3.63, 3.8) is 0 Å². The van der Waals surface area contributed by atoms with Crippen LogP contribution in [0.1, 0.15) is 70.4 Å². The SMILES string of the molecule is C#CCCCC(=O)OCC(O)COc1ccc2ccc(OCC(O)COC(=O)c3ccc(N=[N+]=[N-])cc3)c(Cc3c(OCC(O)COC(=O)c4ccc(N=[N+]=[N-])cc4)ccc4ccc(OCC(O)COC(=O)CCCC#C)cc34)c2c1. The number of azide groups is 2. The zero-order valence-corrected chi connectivity index (χ0v) is 43.8. The van der Waals surface area contributed by atoms with Crippen molar-refractivity contribution >= 4 is 56.8 Å². The number of unbranched alkanes of at least 4 members (excludes halogenated alkanes) is 2. The Bertz CT molecular complexity index is 3090. The Morgan fingerprint density at radius 3 is 1.21 bits per heavy atom. The maximum absolute atomic E-state index is 12.9. The molecule has 22 heteroatoms. The number of rotatable bonds is 32. The van der Waals surface area contributed by atoms with Crippen LogP contribution in [-0.4, -0.2) is 122 Å². The van der Waals surface area contributed by atoms with Crippen molar-refractivity contribution in [1.82, 2.24) is 0 Å². The first-order valence-electron chi connectivity index (χ1n) is 25.4. The molecule has 0 heterocycles. The lowest BCUT2D eigenvalue weighted by atomic mass is 9.93. The first-order chi connectivity index (χ1) is 39.3. The summed E-state index contributed by atoms with van der Waals surface area (Å²) in [6.07, 6.45) is 7.39. The lowest BCUT2D eigenvalue weighted by Crippen LogP contribution is -2.26. The van der Waals surface area contributed by atoms with Gasteiger partial charge in [-0.15, -0.1) is 24.7 Å². The van der Waals surface area contributed by atoms with Crippen LogP contribution in [0.2, 0.25) is 0 Å². The first kappa shape index (κ1) is 60.7. The van der Waals surface area contributed by atoms with Crippen molar-refractivity contribution in [2.24, 2.45) is 10.2 Å². The predicted octanol–water partition coefficient (Wildman–Crippen LogP) is 8.83. The summed E-state index contributed by atoms with van der Waals surface area (Å²) >= 11 is 0. The van der Waals surface area contributed by atoms with E-state index in [2.05, 4.69) is 31.9 Å². The van der Waals surface area contributed by atoms with Crippen LogP contribution in [0.15, 0.2) is 119 Å². The second kappa shape index (κ2) is 31.8. The van der Waals surface area contributed by atoms with Crippen LogP contribution in [-0.2, 0) is 35.0 Å². The van der Waals surface area contributed by atoms with E-state index in [0.29, 0.717) is 69.9 Å². The molecule has 81 heavy (non-hydrogen) atoms. The number of ether oxygens (including phenoxy) is 8. The Balaban J connectivity index is 1.31. The molecule has 0 aromatic heterocycles. The van der Waals surface area contributed by atoms with Crippen molar-refractivity contribution in [2.75, 3.05) is 52.9 Å². The standard InChI is InChI=1S/C59H58N6O16/c1-3-5-7-9-56(70)78-34-44(66)30-74-48-23-15-38-17-25-54(76-32-46(68)36-80-58(72)40-11-19-42(20-12-40)62-64-60)52(50(38)27-48)29-53-51-28-49(75-31-45(67)35-79-57(71)10-8-6-4-2)24-16-39(51)18-26-55(53)77-33-47(69)37-81-59(73)41-13-21-43(22-14-41)63-65-61/h1-2,11-28,44-47,66-69H,5-10,29-37H2. The topological polar surface area (TPSA) is 321 Å². The number of hydrogen-bond donors (Lipinski definition) is 4. The Morgan fingerprint density at radius 2 is 0.840 bits per heavy atom. The molecule has 22 nitrogen and oxygen atoms in total. The number of aliphatic hydroxyl groups excluding tert-OH is 4. The van der Waals surface area contributed by atoms with Crippen molar-refractivity contribution in [3.05, 3.63) is 152 Å². The van der Waals surface area contributed by atoms with Crippen LogP contribution in [0.4, 0.5) is 11.4 Å². The molecule has 0 saturated heterocycles. The Morgan fingerprint density at radius 1 is 0.481 bits per heavy atom. The number of carbonyl (C=O) groups excluding carboxylic acids is 4. The summed E-state index contributed by atoms with van der Waals surface area (Å²) in [6.45, 7) is -2.83. The van der Waals surface area contributed by atoms with Crippen molar-refractivity contribution in [3.8, 4) is 47.7 Å². The number of terminal acetylenes is 2. The second-order valence-corrected chi connectivity index (χ2v) is 18.0. The maximum Gasteiger partial charge on any atom is 0.338 e. The molecule has 0 aliphatic rings. The number of carbonyl (C=O) groups is 4. The largest absolute Gasteiger partial charge is 0.491 e. The average molecular weight is 1110 g/mol. The zero-order chi connectivity index (χ0) is 57.9. The molecule has 0 amide bonds. The third-order valence-corrected chi connectivity index (χ3v) is 11.8. The summed E-state index contributed by atoms with van der Waals surface area (Å²) in [5, 5.41) is 53.2. The fourth-order valence-corrected chi connectivity index (χ4v) is 7.76. The summed E-state index contributed by atoms with van der Waals surface area (Å²) in [6, 6.07) is 28.7. The van der Waals surface area contributed by atoms with Gasteiger partial charge in [0.05, 0.1) is 11.1 Å². The Kier molecular flexibility index (Phi) is 23.8. The summed E-state index contributed by atoms with van der Waals surface area (Å²) in [7, 11) is 0. The van der Waals surface area contributed by atoms with Crippen LogP contribution in [0.3, 0.4) is 0 Å². The number of esters is 4. The molecule has 0 fully saturated rings. The number of nitrogens with zero attached hydrogens (tertiary/aromatic N) is 6. The Labute approximate surface area is 465 Å². The van der Waals surface area contributed by atoms with Gasteiger partial charge < -0.3 is 58.3 Å². The minimum atomic E-state index is -1.33. The van der Waals surface area contributed by atoms with Gasteiger partial charge in [0.15, 0.2) is 0 Å². The maximum atomic E-state index is 12.9. The van der Waals surface area contributed by atoms with Gasteiger partial charge in [0.1, 0.15) is 100 Å². The summed E-state index contributed by atoms with van der Waals surface area (Å²) in [4.78, 5) is 55.6. The predicted molar refractivity (Wildman–Crippen MR) is 295 cm³/mol. The molecule has 4 atom stereocenters. The van der Waals surface area contributed by atoms with Crippen LogP contribution in [0.25, 0.3) is 42.4 Å². The number of fused-ring (bicyclic) bond motifs is 2. The normalized spacial score (nSPS) is 12.2. The Hall–Kier alpha value is -9.50. The fourth-order valence-electron chi connectivity index (χ4n) is 7.76. The van der Waals surface area contributed by atoms with E-state index in [-0.39, 0.29) is 92.9 Å². The van der Waals surface area contributed by atoms with E-state index in [1.807, 2.05) is 0 Å². The van der Waals surface area contributed by atoms with Gasteiger partial charge >= 0.3 is 23.9 Å². The van der Waals surface area contributed by atoms with Gasteiger partial charge in [-0.2, -0.15) is 0 Å². The molecule has 6 rings (SSSR count). The van der Waals surface area contributed by atoms with Crippen LogP contribution >= 0.6 is 0 Å². The van der Waals surface area contributed by atoms with E-state index < -0.39 is 61.5 Å². The number of benzene rings is 6. The molecule has 0 aliphatic carbocycles. The molecule has 0 spiro atoms. The minimum absolute atomic E-state index is 0.0105. The first-order valence-corrected chi connectivity index (χ1v) is 25.4. The van der Waals surface area contributed by atoms with Crippen LogP contribution in [0, 0.1) is 24.7 Å². The molecule has 6 aromatic carbocycles. The zero-order valence-electron chi connectivity index (χ0n) is 43.8. The van der Waals surface area contributed by atoms with E-state index in [1.165, 1.54) is 48.5 Å². The molecular formula is C59H58N6O16. The average Bonchev–Trinajstić information content (AvgIpc) is 3.57. The highest BCUT2D eigenvalue weighted by atomic mass is 16.6. The summed E-state index contributed by atoms with van der Waals surface area (Å²) in [5.41, 5.74) is 19.4. The summed E-state index contributed by atoms with van der Waals surface area (Å²) in [5.74, 6) is 3.54. The third kappa shape index (κ3) is 19.4. The lowest BCUT2D eigenvalue weighted by Gasteiger charge is -2.21. The van der Waals surface area contributed by atoms with Crippen molar-refractivity contribution in [1.29, 1.82) is 0 Å². The van der Waals surface area contributed by atoms with Crippen molar-refractivity contribution in [2.45, 2.75) is 69.4 Å². The lowest BCUT2D eigenvalue weighted by molar-refractivity contribution is -0.148. The molecule has 0 bridgehead atoms. The second-order valence-electron chi connectivity index (χ2n) is 18.0. The highest BCUT2D eigenvalue weighted by molar-refractivity contribution is 5.93. The van der Waals surface area contributed by atoms with Gasteiger partial charge in [0.2, 0.25) is 0 Å². The van der Waals surface area contributed by atoms with Gasteiger partial charge in [-0.05, 0) is 106 Å². The van der Waals surface area contributed by atoms with E-state index in [4.69, 9.17) is 61.8 Å². The molecule has 4 unspecified atom stereocenters. The van der Waals surface area contributed by atoms with Crippen molar-refractivity contribution < 1.29 is 77.5 Å². The van der Waals surface area contributed by atoms with E-state index in [1.54, 1.807) is 60.7 Å². The van der Waals surface area contributed by atoms with Gasteiger partial charge in [-0.1, -0.05) is 58.8 Å². The molecule has 4 N–H and O–H groups in total. The number of hydrogen-bond acceptors (Lipinski definition) is 18. The monoisotopic (exact) mass is 1110 g/mol. The summed E-state index contributed by atoms with van der Waals surface area (Å²) < 4.78 is 45.8. The third-order valence-electron chi connectivity index (χ3n) is 11.8. The van der Waals surface area contributed by atoms with Gasteiger partial charge in [-0.25, -0.2) is 9.59 Å². The highest BCUT2D eigenvalue weighted by Crippen LogP contribution is 2.39. The van der Waals surface area contributed by atoms with Gasteiger partial charge in [0, 0.05) is 64.4 Å². The highest BCUT2D eigenvalue weighted by Gasteiger charge is 2.22.